The van der Waals surface area contributed by atoms with Crippen LogP contribution < -0.4 is 10.6 Å². The van der Waals surface area contributed by atoms with Crippen molar-refractivity contribution in [3.8, 4) is 0 Å². The molecule has 1 aromatic carbocycles. The van der Waals surface area contributed by atoms with Gasteiger partial charge in [-0.1, -0.05) is 18.6 Å². The van der Waals surface area contributed by atoms with Gasteiger partial charge in [-0.3, -0.25) is 9.79 Å². The van der Waals surface area contributed by atoms with Gasteiger partial charge in [0, 0.05) is 43.1 Å². The van der Waals surface area contributed by atoms with Crippen LogP contribution in [-0.4, -0.2) is 76.3 Å². The summed E-state index contributed by atoms with van der Waals surface area (Å²) in [4.78, 5) is 29.7. The van der Waals surface area contributed by atoms with Crippen LogP contribution in [0.4, 0.5) is 0 Å². The van der Waals surface area contributed by atoms with E-state index >= 15 is 0 Å². The van der Waals surface area contributed by atoms with Gasteiger partial charge in [0.05, 0.1) is 19.6 Å². The number of amides is 1. The van der Waals surface area contributed by atoms with Crippen LogP contribution >= 0.6 is 0 Å². The first-order chi connectivity index (χ1) is 17.2. The molecule has 8 heteroatoms. The Morgan fingerprint density at radius 1 is 1.06 bits per heavy atom. The maximum atomic E-state index is 13.3. The number of amidine groups is 1. The van der Waals surface area contributed by atoms with Crippen LogP contribution in [0.3, 0.4) is 0 Å². The number of aromatic nitrogens is 2. The predicted octanol–water partition coefficient (Wildman–Crippen LogP) is 2.94. The minimum atomic E-state index is -0.00616. The van der Waals surface area contributed by atoms with Crippen LogP contribution in [0.1, 0.15) is 66.7 Å². The Kier molecular flexibility index (Phi) is 8.10. The van der Waals surface area contributed by atoms with E-state index in [1.54, 1.807) is 17.3 Å². The van der Waals surface area contributed by atoms with Crippen molar-refractivity contribution in [2.75, 3.05) is 32.7 Å². The highest BCUT2D eigenvalue weighted by Gasteiger charge is 2.26. The molecule has 3 heterocycles. The zero-order valence-electron chi connectivity index (χ0n) is 20.7. The molecule has 5 rings (SSSR count). The smallest absolute Gasteiger partial charge is 0.254 e. The summed E-state index contributed by atoms with van der Waals surface area (Å²) in [6.45, 7) is 5.94. The lowest BCUT2D eigenvalue weighted by Crippen LogP contribution is -2.44. The zero-order chi connectivity index (χ0) is 23.9. The molecular formula is C27H39N7O. The van der Waals surface area contributed by atoms with Crippen molar-refractivity contribution in [2.45, 2.75) is 70.1 Å². The highest BCUT2D eigenvalue weighted by molar-refractivity contribution is 5.97. The van der Waals surface area contributed by atoms with E-state index in [-0.39, 0.29) is 5.91 Å². The van der Waals surface area contributed by atoms with Crippen molar-refractivity contribution in [1.29, 1.82) is 0 Å². The lowest BCUT2D eigenvalue weighted by atomic mass is 9.89. The number of benzene rings is 1. The third-order valence-electron chi connectivity index (χ3n) is 7.67. The summed E-state index contributed by atoms with van der Waals surface area (Å²) in [5.74, 6) is 1.63. The van der Waals surface area contributed by atoms with Crippen molar-refractivity contribution in [2.24, 2.45) is 4.99 Å². The number of likely N-dealkylation sites (tertiary alicyclic amines) is 1. The van der Waals surface area contributed by atoms with Crippen molar-refractivity contribution >= 4 is 11.7 Å². The molecule has 0 atom stereocenters. The zero-order valence-corrected chi connectivity index (χ0v) is 20.7. The van der Waals surface area contributed by atoms with Gasteiger partial charge in [0.2, 0.25) is 0 Å². The number of rotatable bonds is 9. The first-order valence-corrected chi connectivity index (χ1v) is 13.4. The molecule has 35 heavy (non-hydrogen) atoms. The number of hydrogen-bond donors (Lipinski definition) is 3. The van der Waals surface area contributed by atoms with Crippen LogP contribution in [0.5, 0.6) is 0 Å². The average molecular weight is 478 g/mol. The molecule has 3 aliphatic rings. The molecule has 0 unspecified atom stereocenters. The molecular weight excluding hydrogens is 438 g/mol. The van der Waals surface area contributed by atoms with Crippen LogP contribution in [0.2, 0.25) is 0 Å². The summed E-state index contributed by atoms with van der Waals surface area (Å²) in [7, 11) is 0. The van der Waals surface area contributed by atoms with Gasteiger partial charge in [-0.2, -0.15) is 0 Å². The summed E-state index contributed by atoms with van der Waals surface area (Å²) in [5.41, 5.74) is 1.92. The minimum Gasteiger partial charge on any atom is -0.370 e. The summed E-state index contributed by atoms with van der Waals surface area (Å²) >= 11 is 0. The normalized spacial score (nSPS) is 23.0. The summed E-state index contributed by atoms with van der Waals surface area (Å²) in [6, 6.07) is 9.46. The summed E-state index contributed by atoms with van der Waals surface area (Å²) in [5, 5.41) is 7.03. The molecule has 1 aromatic heterocycles. The minimum absolute atomic E-state index is 0.00616. The van der Waals surface area contributed by atoms with Gasteiger partial charge >= 0.3 is 0 Å². The Morgan fingerprint density at radius 2 is 1.86 bits per heavy atom. The average Bonchev–Trinajstić information content (AvgIpc) is 3.63. The molecule has 0 radical (unpaired) electrons. The largest absolute Gasteiger partial charge is 0.370 e. The number of carbonyl (C=O) groups is 1. The second-order valence-electron chi connectivity index (χ2n) is 10.1. The van der Waals surface area contributed by atoms with Gasteiger partial charge in [0.15, 0.2) is 0 Å². The molecule has 8 nitrogen and oxygen atoms in total. The van der Waals surface area contributed by atoms with Crippen LogP contribution in [-0.2, 0) is 13.1 Å². The first-order valence-electron chi connectivity index (χ1n) is 13.4. The number of aliphatic imine (C=N–C) groups is 1. The molecule has 2 aliphatic heterocycles. The van der Waals surface area contributed by atoms with E-state index in [1.807, 2.05) is 12.1 Å². The molecule has 1 aliphatic carbocycles. The fourth-order valence-corrected chi connectivity index (χ4v) is 5.64. The van der Waals surface area contributed by atoms with E-state index in [0.29, 0.717) is 24.7 Å². The van der Waals surface area contributed by atoms with Crippen LogP contribution in [0.15, 0.2) is 41.7 Å². The van der Waals surface area contributed by atoms with E-state index in [4.69, 9.17) is 0 Å². The van der Waals surface area contributed by atoms with Gasteiger partial charge in [0.1, 0.15) is 11.7 Å². The maximum Gasteiger partial charge on any atom is 0.254 e. The predicted molar refractivity (Wildman–Crippen MR) is 138 cm³/mol. The number of imidazole rings is 1. The number of aromatic amines is 1. The molecule has 1 saturated carbocycles. The van der Waals surface area contributed by atoms with E-state index in [0.717, 1.165) is 37.3 Å². The highest BCUT2D eigenvalue weighted by Crippen LogP contribution is 2.26. The number of nitrogens with one attached hydrogen (secondary N) is 3. The second-order valence-corrected chi connectivity index (χ2v) is 10.1. The Bertz CT molecular complexity index is 958. The quantitative estimate of drug-likeness (QED) is 0.517. The summed E-state index contributed by atoms with van der Waals surface area (Å²) in [6.07, 6.45) is 12.8. The van der Waals surface area contributed by atoms with Crippen LogP contribution in [0, 0.1) is 0 Å². The molecule has 3 N–H and O–H groups in total. The Hall–Kier alpha value is -2.71. The SMILES string of the molecule is O=C(c1ccc(CN[C@H]2CC[C@H](N3CCCCC3)CC2)cc1)N(CC1=NCCN1)Cc1ncc[nH]1. The van der Waals surface area contributed by atoms with E-state index in [2.05, 4.69) is 42.6 Å². The lowest BCUT2D eigenvalue weighted by molar-refractivity contribution is 0.0764. The molecule has 1 amide bonds. The fraction of sp³-hybridized carbons (Fsp3) is 0.593. The van der Waals surface area contributed by atoms with Crippen molar-refractivity contribution in [3.05, 3.63) is 53.6 Å². The van der Waals surface area contributed by atoms with Gasteiger partial charge in [-0.25, -0.2) is 4.98 Å². The Labute approximate surface area is 208 Å². The molecule has 1 saturated heterocycles. The van der Waals surface area contributed by atoms with Crippen molar-refractivity contribution in [3.63, 3.8) is 0 Å². The third-order valence-corrected chi connectivity index (χ3v) is 7.67. The third kappa shape index (κ3) is 6.49. The van der Waals surface area contributed by atoms with E-state index in [9.17, 15) is 4.79 Å². The Morgan fingerprint density at radius 3 is 2.54 bits per heavy atom. The van der Waals surface area contributed by atoms with Gasteiger partial charge in [-0.15, -0.1) is 0 Å². The monoisotopic (exact) mass is 477 g/mol. The van der Waals surface area contributed by atoms with E-state index in [1.165, 1.54) is 63.6 Å². The number of H-pyrrole nitrogens is 1. The first kappa shape index (κ1) is 24.0. The van der Waals surface area contributed by atoms with Gasteiger partial charge in [0.25, 0.3) is 5.91 Å². The molecule has 0 bridgehead atoms. The number of carbonyl (C=O) groups excluding carboxylic acids is 1. The second kappa shape index (κ2) is 11.8. The molecule has 0 spiro atoms. The van der Waals surface area contributed by atoms with Gasteiger partial charge in [-0.05, 0) is 69.3 Å². The van der Waals surface area contributed by atoms with Crippen molar-refractivity contribution in [1.82, 2.24) is 30.4 Å². The highest BCUT2D eigenvalue weighted by atomic mass is 16.2. The van der Waals surface area contributed by atoms with Crippen LogP contribution in [0.25, 0.3) is 0 Å². The molecule has 188 valence electrons. The van der Waals surface area contributed by atoms with Gasteiger partial charge < -0.3 is 25.4 Å². The number of hydrogen-bond acceptors (Lipinski definition) is 6. The number of piperidine rings is 1. The molecule has 2 aromatic rings. The Balaban J connectivity index is 1.12. The molecule has 2 fully saturated rings. The van der Waals surface area contributed by atoms with E-state index < -0.39 is 0 Å². The maximum absolute atomic E-state index is 13.3. The lowest BCUT2D eigenvalue weighted by Gasteiger charge is -2.39. The topological polar surface area (TPSA) is 88.7 Å². The standard InChI is InChI=1S/C27H39N7O/c35-27(34(19-25-28-12-13-29-25)20-26-30-14-15-31-26)22-6-4-21(5-7-22)18-32-23-8-10-24(11-9-23)33-16-2-1-3-17-33/h4-7,12-13,23-24,32H,1-3,8-11,14-20H2,(H,28,29)(H,30,31)/t23-,24-. The number of nitrogens with zero attached hydrogens (tertiary/aromatic N) is 4. The summed E-state index contributed by atoms with van der Waals surface area (Å²) < 4.78 is 0. The fourth-order valence-electron chi connectivity index (χ4n) is 5.64. The van der Waals surface area contributed by atoms with Crippen molar-refractivity contribution < 1.29 is 4.79 Å².